The first-order chi connectivity index (χ1) is 13.7. The Hall–Kier alpha value is -0.530. The van der Waals surface area contributed by atoms with Crippen LogP contribution in [0, 0.1) is 5.92 Å². The van der Waals surface area contributed by atoms with E-state index in [-0.39, 0.29) is 5.92 Å². The van der Waals surface area contributed by atoms with E-state index >= 15 is 0 Å². The Labute approximate surface area is 177 Å². The minimum Gasteiger partial charge on any atom is -0.481 e. The summed E-state index contributed by atoms with van der Waals surface area (Å²) in [6.45, 7) is 4.42. The molecule has 0 radical (unpaired) electrons. The van der Waals surface area contributed by atoms with Crippen LogP contribution in [0.2, 0.25) is 0 Å². The van der Waals surface area contributed by atoms with Crippen LogP contribution in [0.4, 0.5) is 0 Å². The standard InChI is InChI=1S/C26H52O2/c1-3-5-7-8-9-10-11-12-13-14-15-16-17-18-19-20-21-22-24-25(26(27)28)23-6-4-2/h25H,3-24H2,1-2H3,(H,27,28). The summed E-state index contributed by atoms with van der Waals surface area (Å²) in [5.41, 5.74) is 0. The number of hydrogen-bond acceptors (Lipinski definition) is 1. The highest BCUT2D eigenvalue weighted by molar-refractivity contribution is 5.69. The summed E-state index contributed by atoms with van der Waals surface area (Å²) in [5, 5.41) is 9.24. The Balaban J connectivity index is 3.20. The third kappa shape index (κ3) is 20.2. The number of aliphatic carboxylic acids is 1. The summed E-state index contributed by atoms with van der Waals surface area (Å²) in [7, 11) is 0. The van der Waals surface area contributed by atoms with E-state index in [2.05, 4.69) is 13.8 Å². The zero-order valence-corrected chi connectivity index (χ0v) is 19.5. The highest BCUT2D eigenvalue weighted by Crippen LogP contribution is 2.19. The highest BCUT2D eigenvalue weighted by atomic mass is 16.4. The van der Waals surface area contributed by atoms with Gasteiger partial charge in [0.05, 0.1) is 5.92 Å². The normalized spacial score (nSPS) is 12.4. The fraction of sp³-hybridized carbons (Fsp3) is 0.962. The number of hydrogen-bond donors (Lipinski definition) is 1. The molecule has 2 heteroatoms. The average Bonchev–Trinajstić information content (AvgIpc) is 2.69. The first kappa shape index (κ1) is 27.5. The van der Waals surface area contributed by atoms with Gasteiger partial charge in [0.2, 0.25) is 0 Å². The molecule has 1 N–H and O–H groups in total. The molecular weight excluding hydrogens is 344 g/mol. The number of carbonyl (C=O) groups is 1. The van der Waals surface area contributed by atoms with E-state index in [1.165, 1.54) is 109 Å². The van der Waals surface area contributed by atoms with Crippen LogP contribution in [-0.2, 0) is 4.79 Å². The number of rotatable bonds is 23. The first-order valence-electron chi connectivity index (χ1n) is 12.9. The van der Waals surface area contributed by atoms with Crippen LogP contribution >= 0.6 is 0 Å². The van der Waals surface area contributed by atoms with Crippen LogP contribution < -0.4 is 0 Å². The van der Waals surface area contributed by atoms with E-state index in [0.29, 0.717) is 0 Å². The predicted molar refractivity (Wildman–Crippen MR) is 124 cm³/mol. The number of carboxylic acid groups (broad SMARTS) is 1. The minimum atomic E-state index is -0.583. The van der Waals surface area contributed by atoms with Crippen LogP contribution in [0.3, 0.4) is 0 Å². The van der Waals surface area contributed by atoms with Gasteiger partial charge >= 0.3 is 5.97 Å². The topological polar surface area (TPSA) is 37.3 Å². The molecule has 0 aromatic carbocycles. The first-order valence-corrected chi connectivity index (χ1v) is 12.9. The average molecular weight is 397 g/mol. The minimum absolute atomic E-state index is 0.0963. The largest absolute Gasteiger partial charge is 0.481 e. The van der Waals surface area contributed by atoms with E-state index in [4.69, 9.17) is 0 Å². The Morgan fingerprint density at radius 3 is 1.11 bits per heavy atom. The van der Waals surface area contributed by atoms with Crippen LogP contribution in [0.25, 0.3) is 0 Å². The van der Waals surface area contributed by atoms with Crippen molar-refractivity contribution < 1.29 is 9.90 Å². The van der Waals surface area contributed by atoms with Crippen molar-refractivity contribution in [1.82, 2.24) is 0 Å². The maximum Gasteiger partial charge on any atom is 0.306 e. The number of carboxylic acids is 1. The van der Waals surface area contributed by atoms with Crippen molar-refractivity contribution in [2.24, 2.45) is 5.92 Å². The molecule has 0 bridgehead atoms. The van der Waals surface area contributed by atoms with E-state index in [9.17, 15) is 9.90 Å². The molecule has 0 aromatic rings. The lowest BCUT2D eigenvalue weighted by molar-refractivity contribution is -0.142. The smallest absolute Gasteiger partial charge is 0.306 e. The third-order valence-corrected chi connectivity index (χ3v) is 6.16. The second-order valence-corrected chi connectivity index (χ2v) is 8.98. The molecule has 0 amide bonds. The summed E-state index contributed by atoms with van der Waals surface area (Å²) in [6, 6.07) is 0. The molecule has 0 saturated heterocycles. The van der Waals surface area contributed by atoms with Crippen molar-refractivity contribution in [1.29, 1.82) is 0 Å². The van der Waals surface area contributed by atoms with Crippen molar-refractivity contribution in [3.05, 3.63) is 0 Å². The summed E-state index contributed by atoms with van der Waals surface area (Å²) in [4.78, 5) is 11.2. The van der Waals surface area contributed by atoms with Gasteiger partial charge in [-0.3, -0.25) is 4.79 Å². The molecule has 28 heavy (non-hydrogen) atoms. The lowest BCUT2D eigenvalue weighted by atomic mass is 9.95. The third-order valence-electron chi connectivity index (χ3n) is 6.16. The van der Waals surface area contributed by atoms with Gasteiger partial charge in [-0.15, -0.1) is 0 Å². The van der Waals surface area contributed by atoms with Gasteiger partial charge in [0, 0.05) is 0 Å². The molecule has 1 unspecified atom stereocenters. The van der Waals surface area contributed by atoms with Crippen molar-refractivity contribution in [2.75, 3.05) is 0 Å². The SMILES string of the molecule is CCCCCCCCCCCCCCCCCCCCC(CCCC)C(=O)O. The molecule has 168 valence electrons. The molecule has 0 spiro atoms. The van der Waals surface area contributed by atoms with Gasteiger partial charge < -0.3 is 5.11 Å². The molecule has 0 aliphatic rings. The van der Waals surface area contributed by atoms with Crippen molar-refractivity contribution >= 4 is 5.97 Å². The second-order valence-electron chi connectivity index (χ2n) is 8.98. The van der Waals surface area contributed by atoms with Crippen LogP contribution in [0.15, 0.2) is 0 Å². The molecule has 0 aliphatic carbocycles. The van der Waals surface area contributed by atoms with Gasteiger partial charge in [-0.05, 0) is 12.8 Å². The van der Waals surface area contributed by atoms with E-state index in [1.54, 1.807) is 0 Å². The molecule has 0 fully saturated rings. The summed E-state index contributed by atoms with van der Waals surface area (Å²) < 4.78 is 0. The van der Waals surface area contributed by atoms with Gasteiger partial charge in [0.1, 0.15) is 0 Å². The fourth-order valence-corrected chi connectivity index (χ4v) is 4.13. The van der Waals surface area contributed by atoms with Crippen LogP contribution in [-0.4, -0.2) is 11.1 Å². The van der Waals surface area contributed by atoms with Crippen molar-refractivity contribution in [2.45, 2.75) is 155 Å². The van der Waals surface area contributed by atoms with Crippen LogP contribution in [0.1, 0.15) is 155 Å². The van der Waals surface area contributed by atoms with E-state index in [1.807, 2.05) is 0 Å². The van der Waals surface area contributed by atoms with Crippen molar-refractivity contribution in [3.8, 4) is 0 Å². The molecule has 2 nitrogen and oxygen atoms in total. The summed E-state index contributed by atoms with van der Waals surface area (Å²) >= 11 is 0. The molecule has 0 rings (SSSR count). The zero-order chi connectivity index (χ0) is 20.7. The fourth-order valence-electron chi connectivity index (χ4n) is 4.13. The van der Waals surface area contributed by atoms with Crippen molar-refractivity contribution in [3.63, 3.8) is 0 Å². The Kier molecular flexibility index (Phi) is 22.3. The van der Waals surface area contributed by atoms with Crippen LogP contribution in [0.5, 0.6) is 0 Å². The Morgan fingerprint density at radius 1 is 0.500 bits per heavy atom. The zero-order valence-electron chi connectivity index (χ0n) is 19.5. The highest BCUT2D eigenvalue weighted by Gasteiger charge is 2.15. The van der Waals surface area contributed by atoms with Gasteiger partial charge in [-0.2, -0.15) is 0 Å². The summed E-state index contributed by atoms with van der Waals surface area (Å²) in [5.74, 6) is -0.679. The molecular formula is C26H52O2. The molecule has 0 aromatic heterocycles. The van der Waals surface area contributed by atoms with E-state index < -0.39 is 5.97 Å². The maximum absolute atomic E-state index is 11.2. The van der Waals surface area contributed by atoms with Gasteiger partial charge in [-0.1, -0.05) is 142 Å². The summed E-state index contributed by atoms with van der Waals surface area (Å²) in [6.07, 6.45) is 28.8. The van der Waals surface area contributed by atoms with E-state index in [0.717, 1.165) is 32.1 Å². The Bertz CT molecular complexity index is 314. The van der Waals surface area contributed by atoms with Gasteiger partial charge in [0.15, 0.2) is 0 Å². The molecule has 0 heterocycles. The quantitative estimate of drug-likeness (QED) is 0.175. The molecule has 1 atom stereocenters. The Morgan fingerprint density at radius 2 is 0.786 bits per heavy atom. The number of unbranched alkanes of at least 4 members (excludes halogenated alkanes) is 18. The monoisotopic (exact) mass is 396 g/mol. The predicted octanol–water partition coefficient (Wildman–Crippen LogP) is 9.31. The molecule has 0 aliphatic heterocycles. The lowest BCUT2D eigenvalue weighted by Crippen LogP contribution is -2.13. The molecule has 0 saturated carbocycles. The lowest BCUT2D eigenvalue weighted by Gasteiger charge is -2.11. The maximum atomic E-state index is 11.2. The van der Waals surface area contributed by atoms with Gasteiger partial charge in [0.25, 0.3) is 0 Å². The second kappa shape index (κ2) is 22.8. The van der Waals surface area contributed by atoms with Gasteiger partial charge in [-0.25, -0.2) is 0 Å².